The van der Waals surface area contributed by atoms with E-state index in [-0.39, 0.29) is 11.3 Å². The number of ether oxygens (including phenoxy) is 1. The molecule has 9 nitrogen and oxygen atoms in total. The fourth-order valence-electron chi connectivity index (χ4n) is 3.99. The molecule has 158 valence electrons. The van der Waals surface area contributed by atoms with E-state index in [2.05, 4.69) is 20.1 Å². The van der Waals surface area contributed by atoms with Crippen LogP contribution in [-0.2, 0) is 21.5 Å². The molecule has 1 aliphatic rings. The van der Waals surface area contributed by atoms with E-state index in [4.69, 9.17) is 9.26 Å². The third-order valence-corrected chi connectivity index (χ3v) is 5.67. The summed E-state index contributed by atoms with van der Waals surface area (Å²) >= 11 is 0. The molecule has 0 aliphatic carbocycles. The molecule has 0 N–H and O–H groups in total. The maximum absolute atomic E-state index is 12.9. The Morgan fingerprint density at radius 2 is 2.27 bits per heavy atom. The first kappa shape index (κ1) is 20.2. The highest BCUT2D eigenvalue weighted by molar-refractivity contribution is 5.76. The SMILES string of the molecule is COCCC1(c2noc(-c3cccnc3)n2)CCCN(C(=O)CCn2ccnc2)C1. The van der Waals surface area contributed by atoms with Gasteiger partial charge in [0.15, 0.2) is 5.82 Å². The van der Waals surface area contributed by atoms with Crippen LogP contribution in [0.4, 0.5) is 0 Å². The van der Waals surface area contributed by atoms with Gasteiger partial charge in [0.1, 0.15) is 0 Å². The van der Waals surface area contributed by atoms with Crippen LogP contribution in [0.2, 0.25) is 0 Å². The van der Waals surface area contributed by atoms with Gasteiger partial charge in [-0.3, -0.25) is 9.78 Å². The average molecular weight is 410 g/mol. The van der Waals surface area contributed by atoms with Crippen LogP contribution in [-0.4, -0.2) is 62.3 Å². The fraction of sp³-hybridized carbons (Fsp3) is 0.476. The van der Waals surface area contributed by atoms with Crippen LogP contribution in [0.25, 0.3) is 11.5 Å². The molecule has 1 aliphatic heterocycles. The Labute approximate surface area is 175 Å². The number of likely N-dealkylation sites (tertiary alicyclic amines) is 1. The minimum Gasteiger partial charge on any atom is -0.385 e. The Hall–Kier alpha value is -3.07. The summed E-state index contributed by atoms with van der Waals surface area (Å²) in [6.45, 7) is 2.48. The molecule has 30 heavy (non-hydrogen) atoms. The summed E-state index contributed by atoms with van der Waals surface area (Å²) in [5, 5.41) is 4.30. The summed E-state index contributed by atoms with van der Waals surface area (Å²) < 4.78 is 12.8. The highest BCUT2D eigenvalue weighted by Gasteiger charge is 2.42. The van der Waals surface area contributed by atoms with Gasteiger partial charge in [-0.1, -0.05) is 5.16 Å². The number of rotatable bonds is 8. The minimum atomic E-state index is -0.386. The number of imidazole rings is 1. The summed E-state index contributed by atoms with van der Waals surface area (Å²) in [4.78, 5) is 27.7. The molecule has 1 amide bonds. The van der Waals surface area contributed by atoms with E-state index in [1.165, 1.54) is 0 Å². The Balaban J connectivity index is 1.52. The molecule has 4 heterocycles. The number of carbonyl (C=O) groups is 1. The number of hydrogen-bond acceptors (Lipinski definition) is 7. The highest BCUT2D eigenvalue weighted by Crippen LogP contribution is 2.37. The van der Waals surface area contributed by atoms with Gasteiger partial charge >= 0.3 is 0 Å². The second kappa shape index (κ2) is 9.17. The van der Waals surface area contributed by atoms with Crippen molar-refractivity contribution in [1.82, 2.24) is 29.6 Å². The topological polar surface area (TPSA) is 99.2 Å². The highest BCUT2D eigenvalue weighted by atomic mass is 16.5. The van der Waals surface area contributed by atoms with Gasteiger partial charge in [-0.2, -0.15) is 4.98 Å². The molecule has 0 saturated carbocycles. The first-order valence-electron chi connectivity index (χ1n) is 10.2. The van der Waals surface area contributed by atoms with E-state index in [0.29, 0.717) is 37.8 Å². The van der Waals surface area contributed by atoms with Gasteiger partial charge < -0.3 is 18.7 Å². The smallest absolute Gasteiger partial charge is 0.259 e. The molecule has 1 fully saturated rings. The lowest BCUT2D eigenvalue weighted by atomic mass is 9.76. The van der Waals surface area contributed by atoms with Crippen molar-refractivity contribution in [2.24, 2.45) is 0 Å². The fourth-order valence-corrected chi connectivity index (χ4v) is 3.99. The minimum absolute atomic E-state index is 0.126. The van der Waals surface area contributed by atoms with E-state index >= 15 is 0 Å². The molecule has 1 atom stereocenters. The van der Waals surface area contributed by atoms with Crippen molar-refractivity contribution in [2.75, 3.05) is 26.8 Å². The van der Waals surface area contributed by atoms with Crippen molar-refractivity contribution >= 4 is 5.91 Å². The van der Waals surface area contributed by atoms with Crippen LogP contribution in [0.3, 0.4) is 0 Å². The van der Waals surface area contributed by atoms with Gasteiger partial charge in [-0.05, 0) is 31.4 Å². The standard InChI is InChI=1S/C21H26N6O3/c1-29-13-7-21(20-24-19(30-25-20)17-4-2-8-22-14-17)6-3-10-27(15-21)18(28)5-11-26-12-9-23-16-26/h2,4,8-9,12,14,16H,3,5-7,10-11,13,15H2,1H3. The first-order chi connectivity index (χ1) is 14.7. The molecule has 3 aromatic rings. The number of aryl methyl sites for hydroxylation is 1. The summed E-state index contributed by atoms with van der Waals surface area (Å²) in [5.41, 5.74) is 0.394. The summed E-state index contributed by atoms with van der Waals surface area (Å²) in [5.74, 6) is 1.20. The molecular formula is C21H26N6O3. The molecule has 0 radical (unpaired) electrons. The number of nitrogens with zero attached hydrogens (tertiary/aromatic N) is 6. The predicted octanol–water partition coefficient (Wildman–Crippen LogP) is 2.32. The van der Waals surface area contributed by atoms with Crippen LogP contribution in [0.15, 0.2) is 47.8 Å². The number of pyridine rings is 1. The third-order valence-electron chi connectivity index (χ3n) is 5.67. The maximum Gasteiger partial charge on any atom is 0.259 e. The van der Waals surface area contributed by atoms with Crippen molar-refractivity contribution in [2.45, 2.75) is 37.6 Å². The van der Waals surface area contributed by atoms with Gasteiger partial charge in [-0.15, -0.1) is 0 Å². The molecule has 0 bridgehead atoms. The van der Waals surface area contributed by atoms with Gasteiger partial charge in [0.05, 0.1) is 17.3 Å². The van der Waals surface area contributed by atoms with Gasteiger partial charge in [0, 0.05) is 64.6 Å². The van der Waals surface area contributed by atoms with E-state index < -0.39 is 0 Å². The average Bonchev–Trinajstić information content (AvgIpc) is 3.49. The van der Waals surface area contributed by atoms with Crippen molar-refractivity contribution in [3.63, 3.8) is 0 Å². The number of amides is 1. The molecule has 1 saturated heterocycles. The zero-order valence-corrected chi connectivity index (χ0v) is 17.1. The molecule has 0 spiro atoms. The second-order valence-corrected chi connectivity index (χ2v) is 7.66. The van der Waals surface area contributed by atoms with Gasteiger partial charge in [-0.25, -0.2) is 4.98 Å². The Bertz CT molecular complexity index is 943. The summed E-state index contributed by atoms with van der Waals surface area (Å²) in [6.07, 6.45) is 11.6. The Kier molecular flexibility index (Phi) is 6.18. The van der Waals surface area contributed by atoms with Crippen LogP contribution in [0, 0.1) is 0 Å². The quantitative estimate of drug-likeness (QED) is 0.562. The van der Waals surface area contributed by atoms with Crippen LogP contribution >= 0.6 is 0 Å². The van der Waals surface area contributed by atoms with Crippen molar-refractivity contribution < 1.29 is 14.1 Å². The number of piperidine rings is 1. The van der Waals surface area contributed by atoms with Crippen molar-refractivity contribution in [1.29, 1.82) is 0 Å². The zero-order valence-electron chi connectivity index (χ0n) is 17.1. The van der Waals surface area contributed by atoms with Gasteiger partial charge in [0.25, 0.3) is 5.89 Å². The summed E-state index contributed by atoms with van der Waals surface area (Å²) in [6, 6.07) is 3.72. The number of aromatic nitrogens is 5. The first-order valence-corrected chi connectivity index (χ1v) is 10.2. The molecule has 4 rings (SSSR count). The number of carbonyl (C=O) groups excluding carboxylic acids is 1. The molecule has 1 unspecified atom stereocenters. The van der Waals surface area contributed by atoms with Crippen LogP contribution in [0.1, 0.15) is 31.5 Å². The molecule has 3 aromatic heterocycles. The van der Waals surface area contributed by atoms with Crippen LogP contribution < -0.4 is 0 Å². The second-order valence-electron chi connectivity index (χ2n) is 7.66. The molecule has 0 aromatic carbocycles. The van der Waals surface area contributed by atoms with Crippen LogP contribution in [0.5, 0.6) is 0 Å². The number of hydrogen-bond donors (Lipinski definition) is 0. The maximum atomic E-state index is 12.9. The largest absolute Gasteiger partial charge is 0.385 e. The van der Waals surface area contributed by atoms with E-state index in [1.807, 2.05) is 27.8 Å². The Morgan fingerprint density at radius 1 is 1.33 bits per heavy atom. The monoisotopic (exact) mass is 410 g/mol. The lowest BCUT2D eigenvalue weighted by Crippen LogP contribution is -2.49. The number of methoxy groups -OCH3 is 1. The zero-order chi connectivity index (χ0) is 20.8. The van der Waals surface area contributed by atoms with Crippen molar-refractivity contribution in [3.05, 3.63) is 49.1 Å². The normalized spacial score (nSPS) is 19.2. The van der Waals surface area contributed by atoms with E-state index in [0.717, 1.165) is 31.4 Å². The van der Waals surface area contributed by atoms with E-state index in [1.54, 1.807) is 32.0 Å². The van der Waals surface area contributed by atoms with Gasteiger partial charge in [0.2, 0.25) is 5.91 Å². The third kappa shape index (κ3) is 4.40. The lowest BCUT2D eigenvalue weighted by molar-refractivity contribution is -0.134. The lowest BCUT2D eigenvalue weighted by Gasteiger charge is -2.41. The van der Waals surface area contributed by atoms with E-state index in [9.17, 15) is 4.79 Å². The summed E-state index contributed by atoms with van der Waals surface area (Å²) in [7, 11) is 1.68. The van der Waals surface area contributed by atoms with Crippen molar-refractivity contribution in [3.8, 4) is 11.5 Å². The Morgan fingerprint density at radius 3 is 3.03 bits per heavy atom. The predicted molar refractivity (Wildman–Crippen MR) is 108 cm³/mol. The molecular weight excluding hydrogens is 384 g/mol. The molecule has 9 heteroatoms.